The van der Waals surface area contributed by atoms with Crippen molar-refractivity contribution in [2.24, 2.45) is 0 Å². The zero-order valence-corrected chi connectivity index (χ0v) is 14.2. The lowest BCUT2D eigenvalue weighted by Gasteiger charge is -2.27. The van der Waals surface area contributed by atoms with E-state index in [0.29, 0.717) is 11.4 Å². The average molecular weight is 431 g/mol. The van der Waals surface area contributed by atoms with Crippen LogP contribution in [0.3, 0.4) is 0 Å². The lowest BCUT2D eigenvalue weighted by molar-refractivity contribution is 0.0911. The summed E-state index contributed by atoms with van der Waals surface area (Å²) >= 11 is 11.5. The Morgan fingerprint density at radius 2 is 2.24 bits per heavy atom. The van der Waals surface area contributed by atoms with Gasteiger partial charge in [-0.15, -0.1) is 11.6 Å². The maximum absolute atomic E-state index is 12.1. The molecule has 0 aromatic heterocycles. The van der Waals surface area contributed by atoms with Crippen LogP contribution in [0.15, 0.2) is 22.7 Å². The van der Waals surface area contributed by atoms with Crippen molar-refractivity contribution in [1.29, 1.82) is 0 Å². The second-order valence-corrected chi connectivity index (χ2v) is 6.49. The Bertz CT molecular complexity index is 421. The number of amides is 1. The first-order chi connectivity index (χ1) is 7.91. The molecule has 1 rings (SSSR count). The topological polar surface area (TPSA) is 29.1 Å². The largest absolute Gasteiger partial charge is 0.346 e. The lowest BCUT2D eigenvalue weighted by atomic mass is 10.0. The van der Waals surface area contributed by atoms with Crippen LogP contribution in [0, 0.1) is 3.57 Å². The fourth-order valence-electron chi connectivity index (χ4n) is 1.23. The summed E-state index contributed by atoms with van der Waals surface area (Å²) in [6.45, 7) is 3.95. The molecule has 0 saturated carbocycles. The van der Waals surface area contributed by atoms with E-state index in [2.05, 4.69) is 43.8 Å². The fourth-order valence-corrected chi connectivity index (χ4v) is 2.40. The molecule has 2 nitrogen and oxygen atoms in total. The summed E-state index contributed by atoms with van der Waals surface area (Å²) in [5.41, 5.74) is 0.279. The van der Waals surface area contributed by atoms with Gasteiger partial charge in [0.15, 0.2) is 0 Å². The highest BCUT2D eigenvalue weighted by atomic mass is 127. The van der Waals surface area contributed by atoms with Crippen molar-refractivity contribution in [1.82, 2.24) is 5.32 Å². The van der Waals surface area contributed by atoms with Crippen molar-refractivity contribution >= 4 is 56.0 Å². The molecule has 1 aromatic rings. The number of hydrogen-bond acceptors (Lipinski definition) is 1. The molecule has 0 aliphatic rings. The Balaban J connectivity index is 2.94. The Hall–Kier alpha value is 0.190. The van der Waals surface area contributed by atoms with Crippen molar-refractivity contribution in [3.63, 3.8) is 0 Å². The van der Waals surface area contributed by atoms with E-state index in [1.54, 1.807) is 0 Å². The Kier molecular flexibility index (Phi) is 5.73. The standard InChI is InChI=1S/C12H14BrClINO/c1-3-12(2,7-14)16-11(17)9-6-8(15)4-5-10(9)13/h4-6H,3,7H2,1-2H3,(H,16,17). The number of nitrogens with one attached hydrogen (secondary N) is 1. The summed E-state index contributed by atoms with van der Waals surface area (Å²) < 4.78 is 1.82. The maximum Gasteiger partial charge on any atom is 0.252 e. The maximum atomic E-state index is 12.1. The molecule has 0 spiro atoms. The molecule has 1 N–H and O–H groups in total. The third-order valence-electron chi connectivity index (χ3n) is 2.66. The molecule has 0 fully saturated rings. The zero-order chi connectivity index (χ0) is 13.1. The third-order valence-corrected chi connectivity index (χ3v) is 4.62. The minimum atomic E-state index is -0.362. The van der Waals surface area contributed by atoms with Crippen molar-refractivity contribution in [2.45, 2.75) is 25.8 Å². The summed E-state index contributed by atoms with van der Waals surface area (Å²) in [7, 11) is 0. The molecule has 0 aliphatic heterocycles. The van der Waals surface area contributed by atoms with Crippen LogP contribution in [0.5, 0.6) is 0 Å². The van der Waals surface area contributed by atoms with E-state index >= 15 is 0 Å². The first-order valence-electron chi connectivity index (χ1n) is 5.25. The summed E-state index contributed by atoms with van der Waals surface area (Å²) in [6.07, 6.45) is 0.795. The van der Waals surface area contributed by atoms with E-state index in [0.717, 1.165) is 14.5 Å². The fraction of sp³-hybridized carbons (Fsp3) is 0.417. The molecule has 0 bridgehead atoms. The molecule has 94 valence electrons. The molecule has 1 aromatic carbocycles. The molecule has 0 aliphatic carbocycles. The summed E-state index contributed by atoms with van der Waals surface area (Å²) in [5, 5.41) is 2.97. The highest BCUT2D eigenvalue weighted by molar-refractivity contribution is 14.1. The van der Waals surface area contributed by atoms with E-state index in [4.69, 9.17) is 11.6 Å². The van der Waals surface area contributed by atoms with Crippen LogP contribution < -0.4 is 5.32 Å². The van der Waals surface area contributed by atoms with Gasteiger partial charge in [0, 0.05) is 13.9 Å². The van der Waals surface area contributed by atoms with Crippen LogP contribution in [0.2, 0.25) is 0 Å². The molecule has 17 heavy (non-hydrogen) atoms. The molecule has 5 heteroatoms. The van der Waals surface area contributed by atoms with Gasteiger partial charge in [0.05, 0.1) is 11.1 Å². The predicted molar refractivity (Wildman–Crippen MR) is 83.7 cm³/mol. The first-order valence-corrected chi connectivity index (χ1v) is 7.66. The molecule has 0 radical (unpaired) electrons. The minimum Gasteiger partial charge on any atom is -0.346 e. The second kappa shape index (κ2) is 6.38. The number of carbonyl (C=O) groups is 1. The predicted octanol–water partition coefficient (Wildman–Crippen LogP) is 4.19. The van der Waals surface area contributed by atoms with Gasteiger partial charge in [0.2, 0.25) is 0 Å². The summed E-state index contributed by atoms with van der Waals surface area (Å²) in [4.78, 5) is 12.1. The normalized spacial score (nSPS) is 14.2. The quantitative estimate of drug-likeness (QED) is 0.563. The molecular formula is C12H14BrClINO. The van der Waals surface area contributed by atoms with Gasteiger partial charge in [-0.05, 0) is 70.1 Å². The average Bonchev–Trinajstić information content (AvgIpc) is 2.32. The van der Waals surface area contributed by atoms with Crippen LogP contribution in [0.25, 0.3) is 0 Å². The van der Waals surface area contributed by atoms with Crippen molar-refractivity contribution in [3.8, 4) is 0 Å². The lowest BCUT2D eigenvalue weighted by Crippen LogP contribution is -2.47. The highest BCUT2D eigenvalue weighted by Gasteiger charge is 2.24. The first kappa shape index (κ1) is 15.2. The number of carbonyl (C=O) groups excluding carboxylic acids is 1. The SMILES string of the molecule is CCC(C)(CCl)NC(=O)c1cc(I)ccc1Br. The minimum absolute atomic E-state index is 0.0969. The van der Waals surface area contributed by atoms with Gasteiger partial charge < -0.3 is 5.32 Å². The van der Waals surface area contributed by atoms with E-state index in [1.807, 2.05) is 32.0 Å². The van der Waals surface area contributed by atoms with Crippen LogP contribution in [0.1, 0.15) is 30.6 Å². The van der Waals surface area contributed by atoms with Crippen molar-refractivity contribution in [3.05, 3.63) is 31.8 Å². The number of rotatable bonds is 4. The van der Waals surface area contributed by atoms with E-state index < -0.39 is 0 Å². The van der Waals surface area contributed by atoms with E-state index in [1.165, 1.54) is 0 Å². The molecule has 0 saturated heterocycles. The molecule has 1 amide bonds. The van der Waals surface area contributed by atoms with Gasteiger partial charge in [0.25, 0.3) is 5.91 Å². The van der Waals surface area contributed by atoms with E-state index in [-0.39, 0.29) is 11.4 Å². The van der Waals surface area contributed by atoms with Gasteiger partial charge in [-0.25, -0.2) is 0 Å². The van der Waals surface area contributed by atoms with Gasteiger partial charge in [-0.2, -0.15) is 0 Å². The zero-order valence-electron chi connectivity index (χ0n) is 9.69. The second-order valence-electron chi connectivity index (χ2n) is 4.13. The van der Waals surface area contributed by atoms with Gasteiger partial charge >= 0.3 is 0 Å². The Labute approximate surface area is 129 Å². The van der Waals surface area contributed by atoms with Crippen LogP contribution in [-0.2, 0) is 0 Å². The number of alkyl halides is 1. The Morgan fingerprint density at radius 1 is 1.59 bits per heavy atom. The van der Waals surface area contributed by atoms with Crippen LogP contribution in [-0.4, -0.2) is 17.3 Å². The van der Waals surface area contributed by atoms with E-state index in [9.17, 15) is 4.79 Å². The van der Waals surface area contributed by atoms with Crippen LogP contribution >= 0.6 is 50.1 Å². The summed E-state index contributed by atoms with van der Waals surface area (Å²) in [6, 6.07) is 5.67. The van der Waals surface area contributed by atoms with Crippen molar-refractivity contribution in [2.75, 3.05) is 5.88 Å². The highest BCUT2D eigenvalue weighted by Crippen LogP contribution is 2.21. The molecular weight excluding hydrogens is 416 g/mol. The third kappa shape index (κ3) is 4.10. The van der Waals surface area contributed by atoms with Crippen LogP contribution in [0.4, 0.5) is 0 Å². The molecule has 0 heterocycles. The Morgan fingerprint density at radius 3 is 2.76 bits per heavy atom. The van der Waals surface area contributed by atoms with Gasteiger partial charge in [0.1, 0.15) is 0 Å². The van der Waals surface area contributed by atoms with Gasteiger partial charge in [-0.3, -0.25) is 4.79 Å². The molecule has 1 atom stereocenters. The number of halogens is 3. The number of hydrogen-bond donors (Lipinski definition) is 1. The van der Waals surface area contributed by atoms with Crippen molar-refractivity contribution < 1.29 is 4.79 Å². The molecule has 1 unspecified atom stereocenters. The summed E-state index contributed by atoms with van der Waals surface area (Å²) in [5.74, 6) is 0.303. The smallest absolute Gasteiger partial charge is 0.252 e. The van der Waals surface area contributed by atoms with Gasteiger partial charge in [-0.1, -0.05) is 6.92 Å². The monoisotopic (exact) mass is 429 g/mol. The number of benzene rings is 1.